The molecule has 4 nitrogen and oxygen atoms in total. The molecule has 1 fully saturated rings. The molecule has 136 valence electrons. The number of ether oxygens (including phenoxy) is 2. The SMILES string of the molecule is CCOc1cc(/C=C2\SC(=S)N(CC(C)C)C2=O)cc(Br)c1OCC. The van der Waals surface area contributed by atoms with Gasteiger partial charge < -0.3 is 9.47 Å². The number of thioether (sulfide) groups is 1. The number of carbonyl (C=O) groups is 1. The monoisotopic (exact) mass is 443 g/mol. The van der Waals surface area contributed by atoms with Gasteiger partial charge >= 0.3 is 0 Å². The third kappa shape index (κ3) is 4.99. The summed E-state index contributed by atoms with van der Waals surface area (Å²) in [5, 5.41) is 0. The summed E-state index contributed by atoms with van der Waals surface area (Å²) in [6.45, 7) is 9.71. The third-order valence-corrected chi connectivity index (χ3v) is 5.31. The summed E-state index contributed by atoms with van der Waals surface area (Å²) in [6.07, 6.45) is 1.85. The number of benzene rings is 1. The van der Waals surface area contributed by atoms with Crippen molar-refractivity contribution < 1.29 is 14.3 Å². The van der Waals surface area contributed by atoms with Crippen molar-refractivity contribution in [2.24, 2.45) is 5.92 Å². The van der Waals surface area contributed by atoms with E-state index in [-0.39, 0.29) is 5.91 Å². The number of hydrogen-bond donors (Lipinski definition) is 0. The molecule has 2 rings (SSSR count). The number of nitrogens with zero attached hydrogens (tertiary/aromatic N) is 1. The Hall–Kier alpha value is -1.05. The van der Waals surface area contributed by atoms with Crippen molar-refractivity contribution in [3.8, 4) is 11.5 Å². The van der Waals surface area contributed by atoms with E-state index in [1.807, 2.05) is 32.1 Å². The van der Waals surface area contributed by atoms with E-state index in [1.54, 1.807) is 4.90 Å². The van der Waals surface area contributed by atoms with Gasteiger partial charge in [-0.3, -0.25) is 9.69 Å². The van der Waals surface area contributed by atoms with E-state index in [9.17, 15) is 4.79 Å². The molecular weight excluding hydrogens is 422 g/mol. The van der Waals surface area contributed by atoms with Crippen LogP contribution in [0.4, 0.5) is 0 Å². The Labute approximate surface area is 167 Å². The lowest BCUT2D eigenvalue weighted by atomic mass is 10.1. The van der Waals surface area contributed by atoms with Gasteiger partial charge in [0.2, 0.25) is 0 Å². The van der Waals surface area contributed by atoms with Crippen LogP contribution in [0.15, 0.2) is 21.5 Å². The lowest BCUT2D eigenvalue weighted by molar-refractivity contribution is -0.122. The van der Waals surface area contributed by atoms with Gasteiger partial charge in [-0.15, -0.1) is 0 Å². The number of hydrogen-bond acceptors (Lipinski definition) is 5. The van der Waals surface area contributed by atoms with Gasteiger partial charge in [0.25, 0.3) is 5.91 Å². The van der Waals surface area contributed by atoms with E-state index in [0.29, 0.717) is 46.4 Å². The zero-order valence-corrected chi connectivity index (χ0v) is 18.0. The minimum Gasteiger partial charge on any atom is -0.490 e. The topological polar surface area (TPSA) is 38.8 Å². The summed E-state index contributed by atoms with van der Waals surface area (Å²) in [6, 6.07) is 3.80. The minimum absolute atomic E-state index is 0.0355. The second-order valence-electron chi connectivity index (χ2n) is 5.88. The van der Waals surface area contributed by atoms with Gasteiger partial charge in [0.15, 0.2) is 11.5 Å². The largest absolute Gasteiger partial charge is 0.490 e. The molecule has 0 bridgehead atoms. The second-order valence-corrected chi connectivity index (χ2v) is 8.41. The average Bonchev–Trinajstić information content (AvgIpc) is 2.78. The average molecular weight is 444 g/mol. The van der Waals surface area contributed by atoms with E-state index in [2.05, 4.69) is 29.8 Å². The van der Waals surface area contributed by atoms with E-state index in [1.165, 1.54) is 11.8 Å². The molecule has 1 saturated heterocycles. The number of carbonyl (C=O) groups excluding carboxylic acids is 1. The molecule has 0 radical (unpaired) electrons. The van der Waals surface area contributed by atoms with Crippen LogP contribution in [0.2, 0.25) is 0 Å². The summed E-state index contributed by atoms with van der Waals surface area (Å²) in [5.74, 6) is 1.66. The molecule has 1 heterocycles. The van der Waals surface area contributed by atoms with Crippen LogP contribution in [0.1, 0.15) is 33.3 Å². The first-order valence-electron chi connectivity index (χ1n) is 8.21. The van der Waals surface area contributed by atoms with Crippen LogP contribution in [0, 0.1) is 5.92 Å². The van der Waals surface area contributed by atoms with Crippen LogP contribution >= 0.6 is 39.9 Å². The molecule has 0 spiro atoms. The van der Waals surface area contributed by atoms with Gasteiger partial charge in [-0.25, -0.2) is 0 Å². The molecule has 1 aliphatic rings. The van der Waals surface area contributed by atoms with Crippen LogP contribution < -0.4 is 9.47 Å². The van der Waals surface area contributed by atoms with Crippen LogP contribution in [0.5, 0.6) is 11.5 Å². The molecule has 1 aromatic carbocycles. The Balaban J connectivity index is 2.34. The Morgan fingerprint density at radius 1 is 1.28 bits per heavy atom. The Morgan fingerprint density at radius 3 is 2.56 bits per heavy atom. The Bertz CT molecular complexity index is 704. The molecular formula is C18H22BrNO3S2. The highest BCUT2D eigenvalue weighted by atomic mass is 79.9. The Kier molecular flexibility index (Phi) is 7.34. The molecule has 0 N–H and O–H groups in total. The minimum atomic E-state index is -0.0355. The Morgan fingerprint density at radius 2 is 1.96 bits per heavy atom. The lowest BCUT2D eigenvalue weighted by Crippen LogP contribution is -2.31. The molecule has 0 atom stereocenters. The molecule has 0 unspecified atom stereocenters. The molecule has 0 aromatic heterocycles. The second kappa shape index (κ2) is 9.05. The molecule has 1 aliphatic heterocycles. The summed E-state index contributed by atoms with van der Waals surface area (Å²) < 4.78 is 12.7. The van der Waals surface area contributed by atoms with Crippen molar-refractivity contribution in [1.82, 2.24) is 4.90 Å². The zero-order valence-electron chi connectivity index (χ0n) is 14.8. The van der Waals surface area contributed by atoms with Crippen LogP contribution in [-0.4, -0.2) is 34.9 Å². The molecule has 1 aromatic rings. The van der Waals surface area contributed by atoms with E-state index < -0.39 is 0 Å². The normalized spacial score (nSPS) is 16.2. The standard InChI is InChI=1S/C18H22BrNO3S2/c1-5-22-14-8-12(7-13(19)16(14)23-6-2)9-15-17(21)20(10-11(3)4)18(24)25-15/h7-9,11H,5-6,10H2,1-4H3/b15-9-. The van der Waals surface area contributed by atoms with Gasteiger partial charge in [0.05, 0.1) is 22.6 Å². The lowest BCUT2D eigenvalue weighted by Gasteiger charge is -2.16. The maximum atomic E-state index is 12.6. The first-order valence-corrected chi connectivity index (χ1v) is 10.2. The third-order valence-electron chi connectivity index (χ3n) is 3.34. The van der Waals surface area contributed by atoms with E-state index in [0.717, 1.165) is 10.0 Å². The highest BCUT2D eigenvalue weighted by molar-refractivity contribution is 9.10. The summed E-state index contributed by atoms with van der Waals surface area (Å²) in [4.78, 5) is 14.9. The van der Waals surface area contributed by atoms with Crippen molar-refractivity contribution >= 4 is 56.2 Å². The zero-order chi connectivity index (χ0) is 18.6. The number of amides is 1. The van der Waals surface area contributed by atoms with Crippen molar-refractivity contribution in [2.75, 3.05) is 19.8 Å². The first kappa shape index (κ1) is 20.3. The number of halogens is 1. The van der Waals surface area contributed by atoms with Gasteiger partial charge in [0, 0.05) is 6.54 Å². The van der Waals surface area contributed by atoms with Crippen molar-refractivity contribution in [3.05, 3.63) is 27.1 Å². The van der Waals surface area contributed by atoms with Gasteiger partial charge in [-0.1, -0.05) is 37.8 Å². The van der Waals surface area contributed by atoms with E-state index >= 15 is 0 Å². The quantitative estimate of drug-likeness (QED) is 0.432. The van der Waals surface area contributed by atoms with Crippen LogP contribution in [0.3, 0.4) is 0 Å². The highest BCUT2D eigenvalue weighted by Crippen LogP contribution is 2.39. The first-order chi connectivity index (χ1) is 11.9. The maximum Gasteiger partial charge on any atom is 0.266 e. The fraction of sp³-hybridized carbons (Fsp3) is 0.444. The van der Waals surface area contributed by atoms with Gasteiger partial charge in [-0.2, -0.15) is 0 Å². The van der Waals surface area contributed by atoms with Crippen LogP contribution in [-0.2, 0) is 4.79 Å². The van der Waals surface area contributed by atoms with Crippen molar-refractivity contribution in [2.45, 2.75) is 27.7 Å². The van der Waals surface area contributed by atoms with Gasteiger partial charge in [-0.05, 0) is 59.5 Å². The molecule has 1 amide bonds. The fourth-order valence-corrected chi connectivity index (χ4v) is 4.24. The predicted octanol–water partition coefficient (Wildman–Crippen LogP) is 5.10. The van der Waals surface area contributed by atoms with Gasteiger partial charge in [0.1, 0.15) is 4.32 Å². The fourth-order valence-electron chi connectivity index (χ4n) is 2.39. The van der Waals surface area contributed by atoms with Crippen molar-refractivity contribution in [3.63, 3.8) is 0 Å². The molecule has 0 saturated carbocycles. The molecule has 0 aliphatic carbocycles. The molecule has 25 heavy (non-hydrogen) atoms. The van der Waals surface area contributed by atoms with E-state index in [4.69, 9.17) is 21.7 Å². The number of thiocarbonyl (C=S) groups is 1. The summed E-state index contributed by atoms with van der Waals surface area (Å²) >= 11 is 10.2. The maximum absolute atomic E-state index is 12.6. The smallest absolute Gasteiger partial charge is 0.266 e. The van der Waals surface area contributed by atoms with Crippen molar-refractivity contribution in [1.29, 1.82) is 0 Å². The highest BCUT2D eigenvalue weighted by Gasteiger charge is 2.32. The summed E-state index contributed by atoms with van der Waals surface area (Å²) in [7, 11) is 0. The molecule has 7 heteroatoms. The summed E-state index contributed by atoms with van der Waals surface area (Å²) in [5.41, 5.74) is 0.865. The number of rotatable bonds is 7. The predicted molar refractivity (Wildman–Crippen MR) is 111 cm³/mol. The van der Waals surface area contributed by atoms with Crippen LogP contribution in [0.25, 0.3) is 6.08 Å².